The van der Waals surface area contributed by atoms with Crippen molar-refractivity contribution >= 4 is 29.3 Å². The molecule has 1 aliphatic rings. The van der Waals surface area contributed by atoms with Gasteiger partial charge in [-0.2, -0.15) is 0 Å². The van der Waals surface area contributed by atoms with Crippen molar-refractivity contribution in [1.29, 1.82) is 0 Å². The summed E-state index contributed by atoms with van der Waals surface area (Å²) in [5.41, 5.74) is 6.31. The minimum Gasteiger partial charge on any atom is -0.366 e. The molecule has 1 aromatic carbocycles. The van der Waals surface area contributed by atoms with Gasteiger partial charge in [-0.15, -0.1) is 11.8 Å². The first-order valence-electron chi connectivity index (χ1n) is 6.92. The molecule has 0 bridgehead atoms. The highest BCUT2D eigenvalue weighted by atomic mass is 32.2. The lowest BCUT2D eigenvalue weighted by molar-refractivity contribution is -0.115. The summed E-state index contributed by atoms with van der Waals surface area (Å²) in [5, 5.41) is 3.43. The maximum atomic E-state index is 12.1. The first-order valence-corrected chi connectivity index (χ1v) is 7.87. The molecule has 0 saturated heterocycles. The minimum atomic E-state index is -0.465. The fraction of sp³-hybridized carbons (Fsp3) is 0.467. The zero-order chi connectivity index (χ0) is 14.5. The van der Waals surface area contributed by atoms with Crippen molar-refractivity contribution in [2.75, 3.05) is 5.32 Å². The fourth-order valence-corrected chi connectivity index (χ4v) is 3.70. The van der Waals surface area contributed by atoms with Crippen LogP contribution in [-0.4, -0.2) is 22.3 Å². The molecular formula is C15H20N2O2S. The topological polar surface area (TPSA) is 72.2 Å². The number of primary amides is 1. The average Bonchev–Trinajstić information content (AvgIpc) is 2.92. The summed E-state index contributed by atoms with van der Waals surface area (Å²) in [5.74, 6) is -0.457. The van der Waals surface area contributed by atoms with Crippen molar-refractivity contribution in [2.24, 2.45) is 5.73 Å². The largest absolute Gasteiger partial charge is 0.366 e. The van der Waals surface area contributed by atoms with E-state index in [-0.39, 0.29) is 11.2 Å². The number of nitrogens with one attached hydrogen (secondary N) is 1. The molecule has 0 aromatic heterocycles. The van der Waals surface area contributed by atoms with Crippen LogP contribution >= 0.6 is 11.8 Å². The van der Waals surface area contributed by atoms with Crippen LogP contribution in [0, 0.1) is 0 Å². The zero-order valence-corrected chi connectivity index (χ0v) is 12.4. The Bertz CT molecular complexity index is 481. The first-order chi connectivity index (χ1) is 9.56. The molecule has 108 valence electrons. The van der Waals surface area contributed by atoms with Crippen LogP contribution in [0.4, 0.5) is 5.69 Å². The van der Waals surface area contributed by atoms with Crippen LogP contribution in [0.5, 0.6) is 0 Å². The highest BCUT2D eigenvalue weighted by Gasteiger charge is 2.22. The van der Waals surface area contributed by atoms with Crippen molar-refractivity contribution in [2.45, 2.75) is 43.1 Å². The van der Waals surface area contributed by atoms with E-state index in [2.05, 4.69) is 5.32 Å². The van der Waals surface area contributed by atoms with Gasteiger partial charge in [-0.05, 0) is 44.0 Å². The standard InChI is InChI=1S/C15H20N2O2S/c1-10(20-13-4-2-3-5-13)15(19)17-12-8-6-11(7-9-12)14(16)18/h6-10,13H,2-5H2,1H3,(H2,16,18)(H,17,19)/t10-/m0/s1. The quantitative estimate of drug-likeness (QED) is 0.876. The fourth-order valence-electron chi connectivity index (χ4n) is 2.34. The third-order valence-electron chi connectivity index (χ3n) is 3.50. The zero-order valence-electron chi connectivity index (χ0n) is 11.6. The van der Waals surface area contributed by atoms with E-state index in [1.807, 2.05) is 6.92 Å². The number of thioether (sulfide) groups is 1. The van der Waals surface area contributed by atoms with Gasteiger partial charge < -0.3 is 11.1 Å². The van der Waals surface area contributed by atoms with E-state index in [9.17, 15) is 9.59 Å². The summed E-state index contributed by atoms with van der Waals surface area (Å²) in [6.07, 6.45) is 4.99. The van der Waals surface area contributed by atoms with E-state index in [1.54, 1.807) is 36.0 Å². The van der Waals surface area contributed by atoms with Crippen LogP contribution in [-0.2, 0) is 4.79 Å². The van der Waals surface area contributed by atoms with E-state index in [0.717, 1.165) is 0 Å². The van der Waals surface area contributed by atoms with Crippen LogP contribution in [0.2, 0.25) is 0 Å². The Morgan fingerprint density at radius 1 is 1.25 bits per heavy atom. The molecule has 1 fully saturated rings. The summed E-state index contributed by atoms with van der Waals surface area (Å²) < 4.78 is 0. The Hall–Kier alpha value is -1.49. The van der Waals surface area contributed by atoms with Crippen LogP contribution in [0.1, 0.15) is 43.0 Å². The van der Waals surface area contributed by atoms with Gasteiger partial charge in [0.2, 0.25) is 11.8 Å². The molecule has 0 radical (unpaired) electrons. The molecule has 2 amide bonds. The molecule has 3 N–H and O–H groups in total. The van der Waals surface area contributed by atoms with Crippen molar-refractivity contribution < 1.29 is 9.59 Å². The Morgan fingerprint density at radius 3 is 2.40 bits per heavy atom. The molecule has 1 aromatic rings. The van der Waals surface area contributed by atoms with Gasteiger partial charge in [0.1, 0.15) is 0 Å². The van der Waals surface area contributed by atoms with Gasteiger partial charge >= 0.3 is 0 Å². The number of anilines is 1. The Kier molecular flexibility index (Phi) is 5.06. The second kappa shape index (κ2) is 6.79. The van der Waals surface area contributed by atoms with E-state index in [0.29, 0.717) is 16.5 Å². The van der Waals surface area contributed by atoms with Crippen LogP contribution < -0.4 is 11.1 Å². The third kappa shape index (κ3) is 4.00. The molecule has 1 saturated carbocycles. The Balaban J connectivity index is 1.87. The molecule has 0 heterocycles. The molecule has 0 unspecified atom stereocenters. The predicted molar refractivity (Wildman–Crippen MR) is 82.9 cm³/mol. The van der Waals surface area contributed by atoms with Crippen LogP contribution in [0.25, 0.3) is 0 Å². The first kappa shape index (κ1) is 14.9. The number of hydrogen-bond donors (Lipinski definition) is 2. The number of nitrogens with two attached hydrogens (primary N) is 1. The molecule has 5 heteroatoms. The smallest absolute Gasteiger partial charge is 0.248 e. The van der Waals surface area contributed by atoms with Crippen LogP contribution in [0.15, 0.2) is 24.3 Å². The van der Waals surface area contributed by atoms with Gasteiger partial charge in [0.25, 0.3) is 0 Å². The number of carbonyl (C=O) groups is 2. The van der Waals surface area contributed by atoms with E-state index in [4.69, 9.17) is 5.73 Å². The van der Waals surface area contributed by atoms with Crippen LogP contribution in [0.3, 0.4) is 0 Å². The number of rotatable bonds is 5. The van der Waals surface area contributed by atoms with Gasteiger partial charge in [0, 0.05) is 16.5 Å². The summed E-state index contributed by atoms with van der Waals surface area (Å²) >= 11 is 1.76. The summed E-state index contributed by atoms with van der Waals surface area (Å²) in [6, 6.07) is 6.63. The van der Waals surface area contributed by atoms with Crippen molar-refractivity contribution in [3.63, 3.8) is 0 Å². The summed E-state index contributed by atoms with van der Waals surface area (Å²) in [6.45, 7) is 1.94. The average molecular weight is 292 g/mol. The Morgan fingerprint density at radius 2 is 1.85 bits per heavy atom. The molecule has 2 rings (SSSR count). The molecule has 4 nitrogen and oxygen atoms in total. The van der Waals surface area contributed by atoms with Gasteiger partial charge in [-0.25, -0.2) is 0 Å². The lowest BCUT2D eigenvalue weighted by Crippen LogP contribution is -2.24. The summed E-state index contributed by atoms with van der Waals surface area (Å²) in [4.78, 5) is 23.1. The van der Waals surface area contributed by atoms with Crippen molar-refractivity contribution in [1.82, 2.24) is 0 Å². The number of carbonyl (C=O) groups excluding carboxylic acids is 2. The number of hydrogen-bond acceptors (Lipinski definition) is 3. The number of amides is 2. The highest BCUT2D eigenvalue weighted by molar-refractivity contribution is 8.01. The maximum absolute atomic E-state index is 12.1. The molecule has 0 aliphatic heterocycles. The van der Waals surface area contributed by atoms with Crippen molar-refractivity contribution in [3.8, 4) is 0 Å². The normalized spacial score (nSPS) is 16.9. The lowest BCUT2D eigenvalue weighted by atomic mass is 10.2. The second-order valence-corrected chi connectivity index (χ2v) is 6.76. The monoisotopic (exact) mass is 292 g/mol. The molecule has 1 atom stereocenters. The van der Waals surface area contributed by atoms with Gasteiger partial charge in [0.05, 0.1) is 5.25 Å². The predicted octanol–water partition coefficient (Wildman–Crippen LogP) is 2.79. The molecular weight excluding hydrogens is 272 g/mol. The second-order valence-electron chi connectivity index (χ2n) is 5.12. The SMILES string of the molecule is C[C@H](SC1CCCC1)C(=O)Nc1ccc(C(N)=O)cc1. The van der Waals surface area contributed by atoms with Crippen molar-refractivity contribution in [3.05, 3.63) is 29.8 Å². The van der Waals surface area contributed by atoms with E-state index < -0.39 is 5.91 Å². The molecule has 0 spiro atoms. The van der Waals surface area contributed by atoms with E-state index in [1.165, 1.54) is 25.7 Å². The highest BCUT2D eigenvalue weighted by Crippen LogP contribution is 2.32. The molecule has 20 heavy (non-hydrogen) atoms. The van der Waals surface area contributed by atoms with E-state index >= 15 is 0 Å². The summed E-state index contributed by atoms with van der Waals surface area (Å²) in [7, 11) is 0. The van der Waals surface area contributed by atoms with Gasteiger partial charge in [-0.3, -0.25) is 9.59 Å². The Labute approximate surface area is 123 Å². The minimum absolute atomic E-state index is 0.00808. The molecule has 1 aliphatic carbocycles. The number of benzene rings is 1. The van der Waals surface area contributed by atoms with Gasteiger partial charge in [0.15, 0.2) is 0 Å². The third-order valence-corrected chi connectivity index (χ3v) is 4.98. The van der Waals surface area contributed by atoms with Gasteiger partial charge in [-0.1, -0.05) is 12.8 Å². The maximum Gasteiger partial charge on any atom is 0.248 e. The lowest BCUT2D eigenvalue weighted by Gasteiger charge is -2.16.